The number of rotatable bonds is 4. The molecule has 0 radical (unpaired) electrons. The number of benzene rings is 1. The van der Waals surface area contributed by atoms with Crippen molar-refractivity contribution in [3.8, 4) is 11.8 Å². The minimum Gasteiger partial charge on any atom is -0.487 e. The van der Waals surface area contributed by atoms with Gasteiger partial charge in [-0.05, 0) is 29.8 Å². The highest BCUT2D eigenvalue weighted by Gasteiger charge is 2.37. The molecule has 0 bridgehead atoms. The highest BCUT2D eigenvalue weighted by atomic mass is 16.5. The minimum absolute atomic E-state index is 0.246. The summed E-state index contributed by atoms with van der Waals surface area (Å²) in [4.78, 5) is 9.16. The van der Waals surface area contributed by atoms with E-state index in [9.17, 15) is 0 Å². The van der Waals surface area contributed by atoms with Gasteiger partial charge in [0.05, 0.1) is 17.8 Å². The quantitative estimate of drug-likeness (QED) is 0.859. The SMILES string of the molecule is N#Cc1cccc(CN2CCN3C[C@H](Oc4cccnc4)C[C@H]3C2)c1. The van der Waals surface area contributed by atoms with Gasteiger partial charge in [0.15, 0.2) is 0 Å². The third-order valence-electron chi connectivity index (χ3n) is 5.06. The maximum absolute atomic E-state index is 9.05. The van der Waals surface area contributed by atoms with E-state index in [1.54, 1.807) is 12.4 Å². The van der Waals surface area contributed by atoms with Crippen LogP contribution in [0.25, 0.3) is 0 Å². The van der Waals surface area contributed by atoms with Gasteiger partial charge in [-0.25, -0.2) is 0 Å². The van der Waals surface area contributed by atoms with Crippen LogP contribution in [0.3, 0.4) is 0 Å². The number of nitriles is 1. The van der Waals surface area contributed by atoms with Crippen molar-refractivity contribution in [2.45, 2.75) is 25.1 Å². The largest absolute Gasteiger partial charge is 0.487 e. The Kier molecular flexibility index (Phi) is 4.64. The summed E-state index contributed by atoms with van der Waals surface area (Å²) >= 11 is 0. The average molecular weight is 334 g/mol. The topological polar surface area (TPSA) is 52.4 Å². The van der Waals surface area contributed by atoms with E-state index < -0.39 is 0 Å². The summed E-state index contributed by atoms with van der Waals surface area (Å²) in [5, 5.41) is 9.05. The molecule has 128 valence electrons. The number of nitrogens with zero attached hydrogens (tertiary/aromatic N) is 4. The molecule has 5 heteroatoms. The van der Waals surface area contributed by atoms with Crippen molar-refractivity contribution in [2.24, 2.45) is 0 Å². The van der Waals surface area contributed by atoms with E-state index in [2.05, 4.69) is 26.9 Å². The van der Waals surface area contributed by atoms with E-state index in [0.717, 1.165) is 50.5 Å². The van der Waals surface area contributed by atoms with Gasteiger partial charge in [-0.1, -0.05) is 12.1 Å². The number of ether oxygens (including phenoxy) is 1. The third kappa shape index (κ3) is 3.81. The summed E-state index contributed by atoms with van der Waals surface area (Å²) in [5.74, 6) is 0.859. The van der Waals surface area contributed by atoms with Crippen LogP contribution in [0.5, 0.6) is 5.75 Å². The second kappa shape index (κ2) is 7.22. The summed E-state index contributed by atoms with van der Waals surface area (Å²) in [6, 6.07) is 14.6. The van der Waals surface area contributed by atoms with Gasteiger partial charge in [-0.2, -0.15) is 5.26 Å². The molecule has 2 fully saturated rings. The van der Waals surface area contributed by atoms with E-state index in [4.69, 9.17) is 10.00 Å². The van der Waals surface area contributed by atoms with Crippen molar-refractivity contribution in [1.82, 2.24) is 14.8 Å². The Bertz CT molecular complexity index is 758. The first kappa shape index (κ1) is 16.1. The fraction of sp³-hybridized carbons (Fsp3) is 0.400. The van der Waals surface area contributed by atoms with E-state index in [-0.39, 0.29) is 6.10 Å². The second-order valence-corrected chi connectivity index (χ2v) is 6.86. The van der Waals surface area contributed by atoms with Gasteiger partial charge in [-0.3, -0.25) is 14.8 Å². The number of hydrogen-bond acceptors (Lipinski definition) is 5. The van der Waals surface area contributed by atoms with Crippen molar-refractivity contribution < 1.29 is 4.74 Å². The van der Waals surface area contributed by atoms with Gasteiger partial charge >= 0.3 is 0 Å². The van der Waals surface area contributed by atoms with E-state index in [0.29, 0.717) is 6.04 Å². The Hall–Kier alpha value is -2.42. The monoisotopic (exact) mass is 334 g/mol. The Morgan fingerprint density at radius 2 is 2.16 bits per heavy atom. The molecule has 2 aromatic rings. The van der Waals surface area contributed by atoms with Gasteiger partial charge in [0, 0.05) is 51.4 Å². The van der Waals surface area contributed by atoms with Crippen LogP contribution in [0.2, 0.25) is 0 Å². The molecule has 0 amide bonds. The average Bonchev–Trinajstić information content (AvgIpc) is 3.04. The molecule has 0 spiro atoms. The predicted octanol–water partition coefficient (Wildman–Crippen LogP) is 2.29. The number of hydrogen-bond donors (Lipinski definition) is 0. The fourth-order valence-corrected chi connectivity index (χ4v) is 3.90. The molecular formula is C20H22N4O. The summed E-state index contributed by atoms with van der Waals surface area (Å²) in [5.41, 5.74) is 1.95. The van der Waals surface area contributed by atoms with Crippen LogP contribution in [0.1, 0.15) is 17.5 Å². The molecule has 2 saturated heterocycles. The highest BCUT2D eigenvalue weighted by molar-refractivity contribution is 5.32. The molecule has 2 aliphatic rings. The zero-order valence-corrected chi connectivity index (χ0v) is 14.2. The van der Waals surface area contributed by atoms with Crippen molar-refractivity contribution in [2.75, 3.05) is 26.2 Å². The molecule has 25 heavy (non-hydrogen) atoms. The van der Waals surface area contributed by atoms with Crippen LogP contribution < -0.4 is 4.74 Å². The van der Waals surface area contributed by atoms with Crippen molar-refractivity contribution >= 4 is 0 Å². The van der Waals surface area contributed by atoms with Gasteiger partial charge < -0.3 is 4.74 Å². The Morgan fingerprint density at radius 1 is 1.20 bits per heavy atom. The van der Waals surface area contributed by atoms with Gasteiger partial charge in [-0.15, -0.1) is 0 Å². The van der Waals surface area contributed by atoms with Crippen molar-refractivity contribution in [1.29, 1.82) is 5.26 Å². The highest BCUT2D eigenvalue weighted by Crippen LogP contribution is 2.26. The van der Waals surface area contributed by atoms with Crippen LogP contribution in [0.4, 0.5) is 0 Å². The Labute approximate surface area is 148 Å². The molecule has 1 aromatic heterocycles. The molecule has 0 N–H and O–H groups in total. The minimum atomic E-state index is 0.246. The number of fused-ring (bicyclic) bond motifs is 1. The lowest BCUT2D eigenvalue weighted by atomic mass is 10.1. The molecule has 2 atom stereocenters. The molecule has 0 aliphatic carbocycles. The normalized spacial score (nSPS) is 23.8. The van der Waals surface area contributed by atoms with Gasteiger partial charge in [0.2, 0.25) is 0 Å². The molecule has 1 aromatic carbocycles. The fourth-order valence-electron chi connectivity index (χ4n) is 3.90. The molecule has 4 rings (SSSR count). The van der Waals surface area contributed by atoms with Crippen LogP contribution in [-0.4, -0.2) is 53.1 Å². The van der Waals surface area contributed by atoms with Crippen LogP contribution in [0, 0.1) is 11.3 Å². The predicted molar refractivity (Wildman–Crippen MR) is 95.1 cm³/mol. The van der Waals surface area contributed by atoms with E-state index >= 15 is 0 Å². The summed E-state index contributed by atoms with van der Waals surface area (Å²) in [6.07, 6.45) is 4.86. The van der Waals surface area contributed by atoms with Crippen LogP contribution in [-0.2, 0) is 6.54 Å². The number of aromatic nitrogens is 1. The van der Waals surface area contributed by atoms with E-state index in [1.165, 1.54) is 5.56 Å². The van der Waals surface area contributed by atoms with Crippen LogP contribution >= 0.6 is 0 Å². The number of pyridine rings is 1. The molecule has 0 unspecified atom stereocenters. The van der Waals surface area contributed by atoms with Gasteiger partial charge in [0.1, 0.15) is 11.9 Å². The third-order valence-corrected chi connectivity index (χ3v) is 5.06. The lowest BCUT2D eigenvalue weighted by Gasteiger charge is -2.37. The number of piperazine rings is 1. The maximum atomic E-state index is 9.05. The molecule has 0 saturated carbocycles. The lowest BCUT2D eigenvalue weighted by Crippen LogP contribution is -2.49. The standard InChI is InChI=1S/C20H22N4O/c21-11-16-3-1-4-17(9-16)13-23-7-8-24-15-20(10-18(24)14-23)25-19-5-2-6-22-12-19/h1-6,9,12,18,20H,7-8,10,13-15H2/t18-,20+/m0/s1. The first-order valence-electron chi connectivity index (χ1n) is 8.82. The maximum Gasteiger partial charge on any atom is 0.138 e. The zero-order valence-electron chi connectivity index (χ0n) is 14.2. The Morgan fingerprint density at radius 3 is 3.00 bits per heavy atom. The smallest absolute Gasteiger partial charge is 0.138 e. The zero-order chi connectivity index (χ0) is 17.1. The lowest BCUT2D eigenvalue weighted by molar-refractivity contribution is 0.0978. The second-order valence-electron chi connectivity index (χ2n) is 6.86. The molecule has 5 nitrogen and oxygen atoms in total. The molecule has 3 heterocycles. The molecule has 2 aliphatic heterocycles. The first-order valence-corrected chi connectivity index (χ1v) is 8.82. The Balaban J connectivity index is 1.34. The van der Waals surface area contributed by atoms with Crippen molar-refractivity contribution in [3.63, 3.8) is 0 Å². The summed E-state index contributed by atoms with van der Waals surface area (Å²) in [7, 11) is 0. The van der Waals surface area contributed by atoms with Gasteiger partial charge in [0.25, 0.3) is 0 Å². The summed E-state index contributed by atoms with van der Waals surface area (Å²) < 4.78 is 6.09. The summed E-state index contributed by atoms with van der Waals surface area (Å²) in [6.45, 7) is 5.11. The van der Waals surface area contributed by atoms with E-state index in [1.807, 2.05) is 30.3 Å². The molecular weight excluding hydrogens is 312 g/mol. The first-order chi connectivity index (χ1) is 12.3. The van der Waals surface area contributed by atoms with Crippen molar-refractivity contribution in [3.05, 3.63) is 59.9 Å². The van der Waals surface area contributed by atoms with Crippen LogP contribution in [0.15, 0.2) is 48.8 Å².